The van der Waals surface area contributed by atoms with Gasteiger partial charge in [-0.05, 0) is 44.2 Å². The van der Waals surface area contributed by atoms with Crippen LogP contribution < -0.4 is 0 Å². The van der Waals surface area contributed by atoms with E-state index in [1.165, 1.54) is 12.1 Å². The Morgan fingerprint density at radius 2 is 1.71 bits per heavy atom. The molecule has 0 amide bonds. The number of rotatable bonds is 2. The minimum Gasteiger partial charge on any atom is -0.507 e. The molecule has 1 aromatic heterocycles. The smallest absolute Gasteiger partial charge is 0.339 e. The molecule has 0 spiro atoms. The van der Waals surface area contributed by atoms with Crippen LogP contribution in [0.15, 0.2) is 30.3 Å². The van der Waals surface area contributed by atoms with E-state index in [2.05, 4.69) is 0 Å². The van der Waals surface area contributed by atoms with Crippen LogP contribution in [-0.4, -0.2) is 20.7 Å². The lowest BCUT2D eigenvalue weighted by Gasteiger charge is -2.10. The van der Waals surface area contributed by atoms with Gasteiger partial charge in [-0.1, -0.05) is 0 Å². The van der Waals surface area contributed by atoms with Gasteiger partial charge in [0.1, 0.15) is 11.3 Å². The summed E-state index contributed by atoms with van der Waals surface area (Å²) in [7, 11) is 0. The third-order valence-corrected chi connectivity index (χ3v) is 2.74. The Hall–Kier alpha value is -2.23. The van der Waals surface area contributed by atoms with Gasteiger partial charge in [0.25, 0.3) is 0 Å². The van der Waals surface area contributed by atoms with Crippen molar-refractivity contribution in [1.29, 1.82) is 0 Å². The number of hydrogen-bond donors (Lipinski definition) is 2. The number of aromatic nitrogens is 1. The SMILES string of the molecule is Cc1ccc(C)n1-c1ccc(O)c(C(=O)O)c1. The van der Waals surface area contributed by atoms with Crippen molar-refractivity contribution >= 4 is 5.97 Å². The number of carboxylic acids is 1. The van der Waals surface area contributed by atoms with E-state index in [0.717, 1.165) is 17.1 Å². The number of hydrogen-bond acceptors (Lipinski definition) is 2. The summed E-state index contributed by atoms with van der Waals surface area (Å²) in [5, 5.41) is 18.4. The van der Waals surface area contributed by atoms with E-state index in [9.17, 15) is 9.90 Å². The lowest BCUT2D eigenvalue weighted by Crippen LogP contribution is -2.02. The number of aromatic hydroxyl groups is 1. The van der Waals surface area contributed by atoms with Crippen LogP contribution >= 0.6 is 0 Å². The standard InChI is InChI=1S/C13H13NO3/c1-8-3-4-9(2)14(8)10-5-6-12(15)11(7-10)13(16)17/h3-7,15H,1-2H3,(H,16,17). The maximum absolute atomic E-state index is 10.9. The molecule has 88 valence electrons. The number of aromatic carboxylic acids is 1. The number of aryl methyl sites for hydroxylation is 2. The van der Waals surface area contributed by atoms with E-state index in [4.69, 9.17) is 5.11 Å². The van der Waals surface area contributed by atoms with Crippen molar-refractivity contribution in [2.24, 2.45) is 0 Å². The highest BCUT2D eigenvalue weighted by molar-refractivity contribution is 5.91. The monoisotopic (exact) mass is 231 g/mol. The average molecular weight is 231 g/mol. The second-order valence-corrected chi connectivity index (χ2v) is 3.96. The highest BCUT2D eigenvalue weighted by Gasteiger charge is 2.12. The summed E-state index contributed by atoms with van der Waals surface area (Å²) in [5.74, 6) is -1.35. The van der Waals surface area contributed by atoms with Crippen LogP contribution in [0.25, 0.3) is 5.69 Å². The molecule has 17 heavy (non-hydrogen) atoms. The van der Waals surface area contributed by atoms with Crippen LogP contribution in [0.5, 0.6) is 5.75 Å². The molecule has 0 aliphatic carbocycles. The minimum absolute atomic E-state index is 0.0880. The zero-order chi connectivity index (χ0) is 12.6. The molecular weight excluding hydrogens is 218 g/mol. The van der Waals surface area contributed by atoms with E-state index >= 15 is 0 Å². The van der Waals surface area contributed by atoms with Crippen LogP contribution in [-0.2, 0) is 0 Å². The van der Waals surface area contributed by atoms with Crippen molar-refractivity contribution in [3.63, 3.8) is 0 Å². The summed E-state index contributed by atoms with van der Waals surface area (Å²) < 4.78 is 1.94. The summed E-state index contributed by atoms with van der Waals surface area (Å²) in [6.45, 7) is 3.89. The van der Waals surface area contributed by atoms with E-state index < -0.39 is 5.97 Å². The third kappa shape index (κ3) is 1.89. The molecule has 0 radical (unpaired) electrons. The normalized spacial score (nSPS) is 10.5. The Kier molecular flexibility index (Phi) is 2.63. The van der Waals surface area contributed by atoms with Gasteiger partial charge < -0.3 is 14.8 Å². The van der Waals surface area contributed by atoms with Crippen molar-refractivity contribution in [1.82, 2.24) is 4.57 Å². The number of carbonyl (C=O) groups is 1. The number of benzene rings is 1. The van der Waals surface area contributed by atoms with Crippen LogP contribution in [0, 0.1) is 13.8 Å². The van der Waals surface area contributed by atoms with Gasteiger partial charge in [0.2, 0.25) is 0 Å². The van der Waals surface area contributed by atoms with Gasteiger partial charge in [-0.3, -0.25) is 0 Å². The second-order valence-electron chi connectivity index (χ2n) is 3.96. The maximum atomic E-state index is 10.9. The summed E-state index contributed by atoms with van der Waals surface area (Å²) in [6, 6.07) is 8.49. The number of phenols is 1. The van der Waals surface area contributed by atoms with Gasteiger partial charge >= 0.3 is 5.97 Å². The third-order valence-electron chi connectivity index (χ3n) is 2.74. The van der Waals surface area contributed by atoms with Crippen molar-refractivity contribution in [2.45, 2.75) is 13.8 Å². The summed E-state index contributed by atoms with van der Waals surface area (Å²) in [6.07, 6.45) is 0. The molecule has 2 aromatic rings. The van der Waals surface area contributed by atoms with Gasteiger partial charge in [0, 0.05) is 17.1 Å². The summed E-state index contributed by atoms with van der Waals surface area (Å²) in [4.78, 5) is 10.9. The van der Waals surface area contributed by atoms with Gasteiger partial charge in [-0.15, -0.1) is 0 Å². The Balaban J connectivity index is 2.62. The molecule has 0 unspecified atom stereocenters. The molecule has 4 heteroatoms. The molecule has 0 bridgehead atoms. The summed E-state index contributed by atoms with van der Waals surface area (Å²) in [5.41, 5.74) is 2.68. The Morgan fingerprint density at radius 1 is 1.12 bits per heavy atom. The Bertz CT molecular complexity index is 565. The number of nitrogens with zero attached hydrogens (tertiary/aromatic N) is 1. The first-order valence-electron chi connectivity index (χ1n) is 5.22. The molecule has 1 heterocycles. The largest absolute Gasteiger partial charge is 0.507 e. The first kappa shape index (κ1) is 11.3. The second kappa shape index (κ2) is 3.97. The molecule has 0 saturated heterocycles. The maximum Gasteiger partial charge on any atom is 0.339 e. The fourth-order valence-corrected chi connectivity index (χ4v) is 1.91. The van der Waals surface area contributed by atoms with Gasteiger partial charge in [-0.2, -0.15) is 0 Å². The van der Waals surface area contributed by atoms with Gasteiger partial charge in [0.15, 0.2) is 0 Å². The number of carboxylic acid groups (broad SMARTS) is 1. The Labute approximate surface area is 98.8 Å². The predicted octanol–water partition coefficient (Wildman–Crippen LogP) is 2.50. The van der Waals surface area contributed by atoms with Crippen LogP contribution in [0.1, 0.15) is 21.7 Å². The van der Waals surface area contributed by atoms with Crippen LogP contribution in [0.2, 0.25) is 0 Å². The van der Waals surface area contributed by atoms with Gasteiger partial charge in [0.05, 0.1) is 0 Å². The summed E-state index contributed by atoms with van der Waals surface area (Å²) >= 11 is 0. The van der Waals surface area contributed by atoms with Crippen molar-refractivity contribution in [2.75, 3.05) is 0 Å². The minimum atomic E-state index is -1.13. The molecule has 2 rings (SSSR count). The molecule has 0 saturated carbocycles. The first-order valence-corrected chi connectivity index (χ1v) is 5.22. The quantitative estimate of drug-likeness (QED) is 0.834. The fraction of sp³-hybridized carbons (Fsp3) is 0.154. The molecule has 0 aliphatic heterocycles. The van der Waals surface area contributed by atoms with E-state index in [1.807, 2.05) is 30.5 Å². The molecular formula is C13H13NO3. The predicted molar refractivity (Wildman–Crippen MR) is 63.9 cm³/mol. The van der Waals surface area contributed by atoms with Crippen molar-refractivity contribution < 1.29 is 15.0 Å². The van der Waals surface area contributed by atoms with E-state index in [0.29, 0.717) is 0 Å². The molecule has 0 atom stereocenters. The molecule has 2 N–H and O–H groups in total. The van der Waals surface area contributed by atoms with Crippen molar-refractivity contribution in [3.05, 3.63) is 47.3 Å². The zero-order valence-electron chi connectivity index (χ0n) is 9.64. The highest BCUT2D eigenvalue weighted by Crippen LogP contribution is 2.23. The fourth-order valence-electron chi connectivity index (χ4n) is 1.91. The van der Waals surface area contributed by atoms with Crippen LogP contribution in [0.3, 0.4) is 0 Å². The topological polar surface area (TPSA) is 62.5 Å². The van der Waals surface area contributed by atoms with Crippen LogP contribution in [0.4, 0.5) is 0 Å². The van der Waals surface area contributed by atoms with E-state index in [1.54, 1.807) is 6.07 Å². The molecule has 0 aliphatic rings. The van der Waals surface area contributed by atoms with E-state index in [-0.39, 0.29) is 11.3 Å². The molecule has 1 aromatic carbocycles. The van der Waals surface area contributed by atoms with Crippen molar-refractivity contribution in [3.8, 4) is 11.4 Å². The Morgan fingerprint density at radius 3 is 2.24 bits per heavy atom. The average Bonchev–Trinajstić information content (AvgIpc) is 2.59. The molecule has 4 nitrogen and oxygen atoms in total. The zero-order valence-corrected chi connectivity index (χ0v) is 9.64. The van der Waals surface area contributed by atoms with Gasteiger partial charge in [-0.25, -0.2) is 4.79 Å². The lowest BCUT2D eigenvalue weighted by atomic mass is 10.1. The highest BCUT2D eigenvalue weighted by atomic mass is 16.4. The first-order chi connectivity index (χ1) is 8.00. The molecule has 0 fully saturated rings. The lowest BCUT2D eigenvalue weighted by molar-refractivity contribution is 0.0693.